The van der Waals surface area contributed by atoms with E-state index in [1.165, 1.54) is 31.1 Å². The summed E-state index contributed by atoms with van der Waals surface area (Å²) in [5.74, 6) is 0.549. The van der Waals surface area contributed by atoms with Gasteiger partial charge in [-0.05, 0) is 42.5 Å². The van der Waals surface area contributed by atoms with Crippen molar-refractivity contribution in [1.29, 1.82) is 0 Å². The van der Waals surface area contributed by atoms with Crippen LogP contribution in [-0.4, -0.2) is 34.4 Å². The standard InChI is InChI=1S/C23H14BrCl2N5O4S.C3H8.C2H6/c1-36(33,34)30-15-8-17(25)22(18(26)9-15)31-23(32)21-16(3-2-4-28-21)20(29-31)13-5-12(6-14(24)7-13)19-10-27-11-35-19;1-3-2;1-2/h2-11,30H,1H3;3H2,1-2H3;1-2H3. The van der Waals surface area contributed by atoms with Crippen molar-refractivity contribution < 1.29 is 12.8 Å². The fourth-order valence-electron chi connectivity index (χ4n) is 3.70. The van der Waals surface area contributed by atoms with E-state index in [1.54, 1.807) is 18.3 Å². The molecule has 0 saturated heterocycles. The molecule has 0 bridgehead atoms. The zero-order chi connectivity index (χ0) is 30.3. The van der Waals surface area contributed by atoms with Crippen LogP contribution in [0.2, 0.25) is 10.0 Å². The van der Waals surface area contributed by atoms with Crippen molar-refractivity contribution in [3.8, 4) is 28.3 Å². The maximum atomic E-state index is 13.4. The maximum Gasteiger partial charge on any atom is 0.298 e. The summed E-state index contributed by atoms with van der Waals surface area (Å²) in [7, 11) is -3.57. The van der Waals surface area contributed by atoms with E-state index in [9.17, 15) is 13.2 Å². The van der Waals surface area contributed by atoms with Crippen LogP contribution in [0.25, 0.3) is 39.2 Å². The van der Waals surface area contributed by atoms with E-state index in [0.29, 0.717) is 22.4 Å². The van der Waals surface area contributed by atoms with Crippen LogP contribution >= 0.6 is 39.1 Å². The quantitative estimate of drug-likeness (QED) is 0.200. The molecule has 0 saturated carbocycles. The second kappa shape index (κ2) is 14.1. The number of rotatable bonds is 5. The lowest BCUT2D eigenvalue weighted by molar-refractivity contribution is 0.572. The highest BCUT2D eigenvalue weighted by Crippen LogP contribution is 2.35. The van der Waals surface area contributed by atoms with Gasteiger partial charge in [-0.25, -0.2) is 13.4 Å². The SMILES string of the molecule is CC.CCC.CS(=O)(=O)Nc1cc(Cl)c(-n2nc(-c3cc(Br)cc(-c4cnco4)c3)c3cccnc3c2=O)c(Cl)c1. The second-order valence-electron chi connectivity index (χ2n) is 8.43. The van der Waals surface area contributed by atoms with Gasteiger partial charge in [0, 0.05) is 27.2 Å². The van der Waals surface area contributed by atoms with Gasteiger partial charge in [0.15, 0.2) is 12.2 Å². The highest BCUT2D eigenvalue weighted by Gasteiger charge is 2.20. The second-order valence-corrected chi connectivity index (χ2v) is 11.9. The minimum absolute atomic E-state index is 0.0149. The number of hydrogen-bond donors (Lipinski definition) is 1. The Bertz CT molecular complexity index is 1800. The third-order valence-corrected chi connectivity index (χ3v) is 6.72. The monoisotopic (exact) mass is 679 g/mol. The molecule has 2 aromatic carbocycles. The molecular formula is C28H28BrCl2N5O4S. The van der Waals surface area contributed by atoms with Crippen molar-refractivity contribution in [2.24, 2.45) is 0 Å². The average molecular weight is 681 g/mol. The molecule has 0 amide bonds. The summed E-state index contributed by atoms with van der Waals surface area (Å²) in [6.07, 6.45) is 6.67. The van der Waals surface area contributed by atoms with E-state index in [2.05, 4.69) is 49.6 Å². The normalized spacial score (nSPS) is 10.8. The summed E-state index contributed by atoms with van der Waals surface area (Å²) in [5, 5.41) is 5.17. The Morgan fingerprint density at radius 1 is 1.05 bits per heavy atom. The summed E-state index contributed by atoms with van der Waals surface area (Å²) in [6, 6.07) is 11.7. The van der Waals surface area contributed by atoms with E-state index >= 15 is 0 Å². The minimum Gasteiger partial charge on any atom is -0.444 e. The fourth-order valence-corrected chi connectivity index (χ4v) is 5.39. The third-order valence-electron chi connectivity index (χ3n) is 5.08. The largest absolute Gasteiger partial charge is 0.444 e. The molecule has 0 radical (unpaired) electrons. The lowest BCUT2D eigenvalue weighted by atomic mass is 10.0. The van der Waals surface area contributed by atoms with Gasteiger partial charge in [-0.3, -0.25) is 14.5 Å². The molecule has 3 heterocycles. The van der Waals surface area contributed by atoms with E-state index in [1.807, 2.05) is 32.0 Å². The molecule has 0 fully saturated rings. The Kier molecular flexibility index (Phi) is 11.1. The van der Waals surface area contributed by atoms with Gasteiger partial charge in [0.2, 0.25) is 10.0 Å². The Balaban J connectivity index is 0.000000868. The number of oxazole rings is 1. The molecule has 0 unspecified atom stereocenters. The number of pyridine rings is 1. The van der Waals surface area contributed by atoms with Gasteiger partial charge in [0.1, 0.15) is 16.9 Å². The van der Waals surface area contributed by atoms with Crippen molar-refractivity contribution in [1.82, 2.24) is 19.7 Å². The summed E-state index contributed by atoms with van der Waals surface area (Å²) in [4.78, 5) is 21.7. The van der Waals surface area contributed by atoms with E-state index in [-0.39, 0.29) is 26.9 Å². The maximum absolute atomic E-state index is 13.4. The number of hydrogen-bond acceptors (Lipinski definition) is 7. The van der Waals surface area contributed by atoms with Crippen LogP contribution in [0, 0.1) is 0 Å². The number of nitrogens with one attached hydrogen (secondary N) is 1. The summed E-state index contributed by atoms with van der Waals surface area (Å²) < 4.78 is 32.8. The van der Waals surface area contributed by atoms with Crippen LogP contribution < -0.4 is 10.3 Å². The first-order valence-corrected chi connectivity index (χ1v) is 16.0. The molecule has 1 N–H and O–H groups in total. The lowest BCUT2D eigenvalue weighted by Gasteiger charge is -2.15. The molecule has 0 atom stereocenters. The Hall–Kier alpha value is -3.25. The average Bonchev–Trinajstić information content (AvgIpc) is 3.45. The van der Waals surface area contributed by atoms with Crippen molar-refractivity contribution >= 4 is 65.7 Å². The van der Waals surface area contributed by atoms with Gasteiger partial charge in [-0.1, -0.05) is 73.2 Å². The topological polar surface area (TPSA) is 120 Å². The van der Waals surface area contributed by atoms with Crippen LogP contribution in [0.15, 0.2) is 74.9 Å². The first-order chi connectivity index (χ1) is 19.5. The predicted molar refractivity (Wildman–Crippen MR) is 170 cm³/mol. The van der Waals surface area contributed by atoms with E-state index in [0.717, 1.165) is 21.0 Å². The fraction of sp³-hybridized carbons (Fsp3) is 0.214. The molecule has 9 nitrogen and oxygen atoms in total. The first-order valence-electron chi connectivity index (χ1n) is 12.6. The van der Waals surface area contributed by atoms with Crippen molar-refractivity contribution in [2.45, 2.75) is 34.1 Å². The number of benzene rings is 2. The van der Waals surface area contributed by atoms with Crippen LogP contribution in [-0.2, 0) is 10.0 Å². The Morgan fingerprint density at radius 2 is 1.68 bits per heavy atom. The van der Waals surface area contributed by atoms with Crippen molar-refractivity contribution in [3.05, 3.63) is 86.1 Å². The third kappa shape index (κ3) is 7.73. The molecule has 0 aliphatic carbocycles. The lowest BCUT2D eigenvalue weighted by Crippen LogP contribution is -2.24. The van der Waals surface area contributed by atoms with Gasteiger partial charge in [0.25, 0.3) is 5.56 Å². The summed E-state index contributed by atoms with van der Waals surface area (Å²) in [6.45, 7) is 8.25. The Morgan fingerprint density at radius 3 is 2.27 bits per heavy atom. The smallest absolute Gasteiger partial charge is 0.298 e. The molecule has 0 aliphatic heterocycles. The highest BCUT2D eigenvalue weighted by molar-refractivity contribution is 9.10. The minimum atomic E-state index is -3.57. The van der Waals surface area contributed by atoms with Crippen LogP contribution in [0.1, 0.15) is 34.1 Å². The van der Waals surface area contributed by atoms with Crippen LogP contribution in [0.5, 0.6) is 0 Å². The van der Waals surface area contributed by atoms with Gasteiger partial charge in [-0.15, -0.1) is 0 Å². The van der Waals surface area contributed by atoms with Gasteiger partial charge in [0.05, 0.1) is 28.2 Å². The molecule has 0 spiro atoms. The number of halogens is 3. The molecule has 3 aromatic heterocycles. The number of aromatic nitrogens is 4. The molecule has 41 heavy (non-hydrogen) atoms. The number of sulfonamides is 1. The molecule has 5 rings (SSSR count). The van der Waals surface area contributed by atoms with E-state index < -0.39 is 15.6 Å². The zero-order valence-electron chi connectivity index (χ0n) is 22.9. The van der Waals surface area contributed by atoms with Crippen LogP contribution in [0.3, 0.4) is 0 Å². The Labute approximate surface area is 256 Å². The molecular weight excluding hydrogens is 653 g/mol. The summed E-state index contributed by atoms with van der Waals surface area (Å²) >= 11 is 16.5. The highest BCUT2D eigenvalue weighted by atomic mass is 79.9. The molecule has 13 heteroatoms. The van der Waals surface area contributed by atoms with Gasteiger partial charge < -0.3 is 4.42 Å². The summed E-state index contributed by atoms with van der Waals surface area (Å²) in [5.41, 5.74) is 1.66. The number of anilines is 1. The van der Waals surface area contributed by atoms with Gasteiger partial charge >= 0.3 is 0 Å². The zero-order valence-corrected chi connectivity index (χ0v) is 26.9. The molecule has 0 aliphatic rings. The van der Waals surface area contributed by atoms with E-state index in [4.69, 9.17) is 27.6 Å². The van der Waals surface area contributed by atoms with Gasteiger partial charge in [-0.2, -0.15) is 9.78 Å². The van der Waals surface area contributed by atoms with Crippen molar-refractivity contribution in [3.63, 3.8) is 0 Å². The number of fused-ring (bicyclic) bond motifs is 1. The first kappa shape index (κ1) is 32.3. The predicted octanol–water partition coefficient (Wildman–Crippen LogP) is 7.99. The van der Waals surface area contributed by atoms with Crippen LogP contribution in [0.4, 0.5) is 5.69 Å². The molecule has 5 aromatic rings. The molecule has 216 valence electrons. The van der Waals surface area contributed by atoms with Crippen molar-refractivity contribution in [2.75, 3.05) is 11.0 Å². The number of nitrogens with zero attached hydrogens (tertiary/aromatic N) is 4.